The summed E-state index contributed by atoms with van der Waals surface area (Å²) in [4.78, 5) is 20.4. The lowest BCUT2D eigenvalue weighted by Crippen LogP contribution is -2.55. The van der Waals surface area contributed by atoms with E-state index in [0.29, 0.717) is 11.1 Å². The first-order valence-corrected chi connectivity index (χ1v) is 8.21. The van der Waals surface area contributed by atoms with Crippen LogP contribution >= 0.6 is 0 Å². The standard InChI is InChI=1S/C17H23N3O/c1-11(20-16(21)15-10-18-2-3-19-15)17-7-12-4-13(8-17)6-14(5-12)9-17/h2-3,10-14H,4-9H2,1H3,(H,20,21)/t11-,12?,13?,14?,17?/m0/s1. The normalized spacial score (nSPS) is 38.2. The molecule has 4 aliphatic rings. The van der Waals surface area contributed by atoms with E-state index in [1.54, 1.807) is 18.6 Å². The van der Waals surface area contributed by atoms with Crippen molar-refractivity contribution in [2.45, 2.75) is 51.5 Å². The van der Waals surface area contributed by atoms with E-state index in [-0.39, 0.29) is 11.9 Å². The SMILES string of the molecule is C[C@H](NC(=O)c1cnccn1)C12CC3CC(CC(C3)C1)C2. The number of rotatable bonds is 3. The van der Waals surface area contributed by atoms with Gasteiger partial charge in [-0.05, 0) is 68.6 Å². The Labute approximate surface area is 125 Å². The largest absolute Gasteiger partial charge is 0.348 e. The van der Waals surface area contributed by atoms with Crippen molar-refractivity contribution in [2.24, 2.45) is 23.2 Å². The third kappa shape index (κ3) is 2.25. The zero-order chi connectivity index (χ0) is 14.4. The average Bonchev–Trinajstić information content (AvgIpc) is 2.46. The Morgan fingerprint density at radius 1 is 1.19 bits per heavy atom. The van der Waals surface area contributed by atoms with Crippen LogP contribution in [-0.4, -0.2) is 21.9 Å². The van der Waals surface area contributed by atoms with Gasteiger partial charge in [-0.2, -0.15) is 0 Å². The maximum atomic E-state index is 12.3. The molecule has 0 radical (unpaired) electrons. The number of aromatic nitrogens is 2. The molecule has 4 fully saturated rings. The van der Waals surface area contributed by atoms with Crippen LogP contribution in [0.15, 0.2) is 18.6 Å². The van der Waals surface area contributed by atoms with Gasteiger partial charge >= 0.3 is 0 Å². The highest BCUT2D eigenvalue weighted by Gasteiger charge is 2.53. The maximum absolute atomic E-state index is 12.3. The Morgan fingerprint density at radius 3 is 2.33 bits per heavy atom. The van der Waals surface area contributed by atoms with Crippen molar-refractivity contribution < 1.29 is 4.79 Å². The van der Waals surface area contributed by atoms with Gasteiger partial charge in [0.15, 0.2) is 0 Å². The van der Waals surface area contributed by atoms with E-state index >= 15 is 0 Å². The van der Waals surface area contributed by atoms with Gasteiger partial charge in [0.05, 0.1) is 6.20 Å². The van der Waals surface area contributed by atoms with E-state index in [1.165, 1.54) is 38.5 Å². The van der Waals surface area contributed by atoms with Crippen LogP contribution < -0.4 is 5.32 Å². The predicted molar refractivity (Wildman–Crippen MR) is 79.6 cm³/mol. The van der Waals surface area contributed by atoms with Crippen LogP contribution in [0.1, 0.15) is 55.9 Å². The van der Waals surface area contributed by atoms with Gasteiger partial charge in [0.1, 0.15) is 5.69 Å². The lowest BCUT2D eigenvalue weighted by atomic mass is 9.48. The molecular formula is C17H23N3O. The van der Waals surface area contributed by atoms with E-state index in [1.807, 2.05) is 0 Å². The lowest BCUT2D eigenvalue weighted by molar-refractivity contribution is -0.0688. The second-order valence-electron chi connectivity index (χ2n) is 7.57. The molecule has 1 amide bonds. The van der Waals surface area contributed by atoms with E-state index < -0.39 is 0 Å². The molecule has 4 saturated carbocycles. The summed E-state index contributed by atoms with van der Waals surface area (Å²) in [7, 11) is 0. The second kappa shape index (κ2) is 4.79. The first kappa shape index (κ1) is 13.2. The molecule has 1 heterocycles. The maximum Gasteiger partial charge on any atom is 0.271 e. The van der Waals surface area contributed by atoms with Crippen LogP contribution in [0.2, 0.25) is 0 Å². The molecule has 0 spiro atoms. The Bertz CT molecular complexity index is 507. The van der Waals surface area contributed by atoms with Gasteiger partial charge in [-0.15, -0.1) is 0 Å². The summed E-state index contributed by atoms with van der Waals surface area (Å²) in [5.41, 5.74) is 0.765. The molecule has 1 N–H and O–H groups in total. The van der Waals surface area contributed by atoms with Crippen molar-refractivity contribution in [3.8, 4) is 0 Å². The first-order chi connectivity index (χ1) is 10.1. The summed E-state index contributed by atoms with van der Waals surface area (Å²) >= 11 is 0. The number of nitrogens with zero attached hydrogens (tertiary/aromatic N) is 2. The van der Waals surface area contributed by atoms with E-state index in [0.717, 1.165) is 17.8 Å². The smallest absolute Gasteiger partial charge is 0.271 e. The minimum atomic E-state index is -0.0775. The number of amides is 1. The lowest BCUT2D eigenvalue weighted by Gasteiger charge is -2.59. The van der Waals surface area contributed by atoms with Crippen LogP contribution in [0.3, 0.4) is 0 Å². The van der Waals surface area contributed by atoms with Crippen molar-refractivity contribution in [1.82, 2.24) is 15.3 Å². The number of carbonyl (C=O) groups is 1. The first-order valence-electron chi connectivity index (χ1n) is 8.21. The van der Waals surface area contributed by atoms with Gasteiger partial charge in [-0.25, -0.2) is 4.98 Å². The highest BCUT2D eigenvalue weighted by molar-refractivity contribution is 5.92. The zero-order valence-corrected chi connectivity index (χ0v) is 12.6. The summed E-state index contributed by atoms with van der Waals surface area (Å²) in [6.45, 7) is 2.20. The van der Waals surface area contributed by atoms with Crippen LogP contribution in [0.5, 0.6) is 0 Å². The molecule has 1 aromatic heterocycles. The second-order valence-corrected chi connectivity index (χ2v) is 7.57. The fourth-order valence-corrected chi connectivity index (χ4v) is 5.55. The summed E-state index contributed by atoms with van der Waals surface area (Å²) in [5, 5.41) is 3.21. The molecule has 0 aliphatic heterocycles. The van der Waals surface area contributed by atoms with Crippen molar-refractivity contribution in [3.05, 3.63) is 24.3 Å². The van der Waals surface area contributed by atoms with Crippen LogP contribution in [0.25, 0.3) is 0 Å². The summed E-state index contributed by atoms with van der Waals surface area (Å²) in [6.07, 6.45) is 12.9. The number of hydrogen-bond donors (Lipinski definition) is 1. The van der Waals surface area contributed by atoms with E-state index in [4.69, 9.17) is 0 Å². The molecule has 4 nitrogen and oxygen atoms in total. The van der Waals surface area contributed by atoms with Crippen molar-refractivity contribution in [3.63, 3.8) is 0 Å². The molecule has 1 aromatic rings. The molecule has 4 aliphatic carbocycles. The van der Waals surface area contributed by atoms with Gasteiger partial charge < -0.3 is 5.32 Å². The van der Waals surface area contributed by atoms with Crippen molar-refractivity contribution in [2.75, 3.05) is 0 Å². The number of carbonyl (C=O) groups excluding carboxylic acids is 1. The fourth-order valence-electron chi connectivity index (χ4n) is 5.55. The summed E-state index contributed by atoms with van der Waals surface area (Å²) in [6, 6.07) is 0.236. The van der Waals surface area contributed by atoms with Crippen molar-refractivity contribution >= 4 is 5.91 Å². The summed E-state index contributed by atoms with van der Waals surface area (Å²) < 4.78 is 0. The molecule has 0 saturated heterocycles. The van der Waals surface area contributed by atoms with Crippen LogP contribution in [-0.2, 0) is 0 Å². The van der Waals surface area contributed by atoms with Gasteiger partial charge in [0.2, 0.25) is 0 Å². The quantitative estimate of drug-likeness (QED) is 0.929. The van der Waals surface area contributed by atoms with E-state index in [2.05, 4.69) is 22.2 Å². The molecule has 0 unspecified atom stereocenters. The third-order valence-corrected chi connectivity index (χ3v) is 6.15. The van der Waals surface area contributed by atoms with Crippen LogP contribution in [0, 0.1) is 23.2 Å². The molecule has 1 atom stereocenters. The van der Waals surface area contributed by atoms with Crippen LogP contribution in [0.4, 0.5) is 0 Å². The zero-order valence-electron chi connectivity index (χ0n) is 12.6. The molecule has 5 rings (SSSR count). The molecule has 4 bridgehead atoms. The highest BCUT2D eigenvalue weighted by atomic mass is 16.1. The minimum Gasteiger partial charge on any atom is -0.348 e. The highest BCUT2D eigenvalue weighted by Crippen LogP contribution is 2.61. The predicted octanol–water partition coefficient (Wildman–Crippen LogP) is 2.81. The van der Waals surface area contributed by atoms with Gasteiger partial charge in [-0.3, -0.25) is 9.78 Å². The molecule has 0 aromatic carbocycles. The Kier molecular flexibility index (Phi) is 3.02. The minimum absolute atomic E-state index is 0.0775. The average molecular weight is 285 g/mol. The van der Waals surface area contributed by atoms with Crippen molar-refractivity contribution in [1.29, 1.82) is 0 Å². The fraction of sp³-hybridized carbons (Fsp3) is 0.706. The Hall–Kier alpha value is -1.45. The molecular weight excluding hydrogens is 262 g/mol. The molecule has 112 valence electrons. The van der Waals surface area contributed by atoms with Gasteiger partial charge in [0, 0.05) is 18.4 Å². The Morgan fingerprint density at radius 2 is 1.81 bits per heavy atom. The number of hydrogen-bond acceptors (Lipinski definition) is 3. The topological polar surface area (TPSA) is 54.9 Å². The summed E-state index contributed by atoms with van der Waals surface area (Å²) in [5.74, 6) is 2.65. The molecule has 21 heavy (non-hydrogen) atoms. The molecule has 4 heteroatoms. The van der Waals surface area contributed by atoms with Gasteiger partial charge in [-0.1, -0.05) is 0 Å². The van der Waals surface area contributed by atoms with Gasteiger partial charge in [0.25, 0.3) is 5.91 Å². The Balaban J connectivity index is 1.50. The monoisotopic (exact) mass is 285 g/mol. The number of nitrogens with one attached hydrogen (secondary N) is 1. The van der Waals surface area contributed by atoms with E-state index in [9.17, 15) is 4.79 Å². The third-order valence-electron chi connectivity index (χ3n) is 6.15.